The normalized spacial score (nSPS) is 13.1. The summed E-state index contributed by atoms with van der Waals surface area (Å²) in [5, 5.41) is 7.70. The summed E-state index contributed by atoms with van der Waals surface area (Å²) >= 11 is 0. The van der Waals surface area contributed by atoms with Crippen LogP contribution in [-0.4, -0.2) is 8.97 Å². The molecule has 0 atom stereocenters. The number of hydrogen-bond acceptors (Lipinski definition) is 1. The van der Waals surface area contributed by atoms with Crippen LogP contribution < -0.4 is 4.90 Å². The van der Waals surface area contributed by atoms with Gasteiger partial charge >= 0.3 is 0 Å². The van der Waals surface area contributed by atoms with E-state index in [0.717, 1.165) is 22.7 Å². The highest BCUT2D eigenvalue weighted by molar-refractivity contribution is 6.25. The van der Waals surface area contributed by atoms with E-state index in [0.29, 0.717) is 0 Å². The zero-order valence-corrected chi connectivity index (χ0v) is 36.7. The first-order chi connectivity index (χ1) is 32.5. The minimum absolute atomic E-state index is 0.252. The van der Waals surface area contributed by atoms with Gasteiger partial charge < -0.3 is 13.9 Å². The molecule has 14 rings (SSSR count). The first kappa shape index (κ1) is 37.0. The fourth-order valence-electron chi connectivity index (χ4n) is 11.6. The van der Waals surface area contributed by atoms with Crippen LogP contribution in [0.5, 0.6) is 0 Å². The molecule has 0 radical (unpaired) electrons. The van der Waals surface area contributed by atoms with E-state index in [-0.39, 0.29) is 5.41 Å². The third-order valence-electron chi connectivity index (χ3n) is 14.6. The second-order valence-corrected chi connectivity index (χ2v) is 18.5. The lowest BCUT2D eigenvalue weighted by molar-refractivity contribution is 0.660. The van der Waals surface area contributed by atoms with Gasteiger partial charge in [0, 0.05) is 66.0 Å². The van der Waals surface area contributed by atoms with Gasteiger partial charge in [-0.1, -0.05) is 172 Å². The molecule has 0 saturated heterocycles. The predicted octanol–water partition coefficient (Wildman–Crippen LogP) is 17.0. The van der Waals surface area contributed by atoms with Crippen LogP contribution in [0, 0.1) is 0 Å². The monoisotopic (exact) mass is 841 g/mol. The van der Waals surface area contributed by atoms with Crippen LogP contribution in [0.2, 0.25) is 0 Å². The van der Waals surface area contributed by atoms with E-state index in [2.05, 4.69) is 252 Å². The maximum atomic E-state index is 2.52. The van der Waals surface area contributed by atoms with Gasteiger partial charge in [0.25, 0.3) is 0 Å². The Balaban J connectivity index is 0.929. The van der Waals surface area contributed by atoms with E-state index >= 15 is 0 Å². The summed E-state index contributed by atoms with van der Waals surface area (Å²) in [5.74, 6) is 0. The maximum Gasteiger partial charge on any atom is 0.0620 e. The molecule has 13 aromatic rings. The molecule has 0 saturated carbocycles. The van der Waals surface area contributed by atoms with E-state index in [4.69, 9.17) is 0 Å². The molecular formula is C63H43N3. The molecule has 0 aliphatic heterocycles. The van der Waals surface area contributed by atoms with Crippen LogP contribution in [0.3, 0.4) is 0 Å². The molecule has 1 aliphatic rings. The van der Waals surface area contributed by atoms with Gasteiger partial charge in [-0.05, 0) is 106 Å². The third-order valence-corrected chi connectivity index (χ3v) is 14.6. The van der Waals surface area contributed by atoms with E-state index in [1.54, 1.807) is 0 Å². The Morgan fingerprint density at radius 3 is 1.62 bits per heavy atom. The Morgan fingerprint density at radius 1 is 0.333 bits per heavy atom. The van der Waals surface area contributed by atoms with Gasteiger partial charge in [0.1, 0.15) is 0 Å². The molecule has 0 bridgehead atoms. The van der Waals surface area contributed by atoms with E-state index in [1.807, 2.05) is 0 Å². The Labute approximate surface area is 383 Å². The van der Waals surface area contributed by atoms with Crippen molar-refractivity contribution in [1.82, 2.24) is 8.97 Å². The molecule has 0 amide bonds. The Morgan fingerprint density at radius 2 is 0.848 bits per heavy atom. The van der Waals surface area contributed by atoms with Gasteiger partial charge in [-0.2, -0.15) is 0 Å². The van der Waals surface area contributed by atoms with Crippen molar-refractivity contribution in [2.24, 2.45) is 0 Å². The van der Waals surface area contributed by atoms with Crippen molar-refractivity contribution in [3.63, 3.8) is 0 Å². The lowest BCUT2D eigenvalue weighted by Gasteiger charge is -2.28. The molecular weight excluding hydrogens is 799 g/mol. The standard InChI is InChI=1S/C63H43N3/c1-63(2)56-37-42(47-21-13-23-54-55-24-14-22-53-51-20-10-12-26-59(51)66(61(47)54)62(53)55)29-34-48(56)49-35-32-45(38-57(49)63)64(44-30-27-41(28-31-44)40-15-5-3-6-16-40)46-33-36-52-50-19-9-11-25-58(50)65(60(52)39-46)43-17-7-4-8-18-43/h3-39H,1-2H3. The van der Waals surface area contributed by atoms with Gasteiger partial charge in [-0.15, -0.1) is 0 Å². The highest BCUT2D eigenvalue weighted by Gasteiger charge is 2.37. The van der Waals surface area contributed by atoms with Crippen LogP contribution in [-0.2, 0) is 5.41 Å². The molecule has 0 fully saturated rings. The first-order valence-electron chi connectivity index (χ1n) is 23.0. The Kier molecular flexibility index (Phi) is 7.74. The SMILES string of the molecule is CC1(C)c2cc(-c3cccc4c5cccc6c7ccccc7n(c34)c65)ccc2-c2ccc(N(c3ccc(-c4ccccc4)cc3)c3ccc4c5ccccc5n(-c5ccccc5)c4c3)cc21. The molecule has 1 aliphatic carbocycles. The summed E-state index contributed by atoms with van der Waals surface area (Å²) in [6, 6.07) is 83.0. The second kappa shape index (κ2) is 13.8. The van der Waals surface area contributed by atoms with Crippen LogP contribution in [0.25, 0.3) is 99.0 Å². The number of aromatic nitrogens is 2. The van der Waals surface area contributed by atoms with Crippen molar-refractivity contribution in [3.05, 3.63) is 236 Å². The molecule has 310 valence electrons. The molecule has 3 heteroatoms. The van der Waals surface area contributed by atoms with E-state index in [9.17, 15) is 0 Å². The number of fused-ring (bicyclic) bond motifs is 12. The minimum atomic E-state index is -0.252. The molecule has 3 nitrogen and oxygen atoms in total. The second-order valence-electron chi connectivity index (χ2n) is 18.5. The lowest BCUT2D eigenvalue weighted by atomic mass is 9.81. The van der Waals surface area contributed by atoms with Crippen molar-refractivity contribution in [3.8, 4) is 39.1 Å². The Hall–Kier alpha value is -8.40. The van der Waals surface area contributed by atoms with Gasteiger partial charge in [0.2, 0.25) is 0 Å². The van der Waals surface area contributed by atoms with Gasteiger partial charge in [-0.3, -0.25) is 0 Å². The minimum Gasteiger partial charge on any atom is -0.310 e. The number of para-hydroxylation sites is 5. The fraction of sp³-hybridized carbons (Fsp3) is 0.0476. The summed E-state index contributed by atoms with van der Waals surface area (Å²) in [5.41, 5.74) is 20.7. The summed E-state index contributed by atoms with van der Waals surface area (Å²) in [6.45, 7) is 4.81. The van der Waals surface area contributed by atoms with E-state index in [1.165, 1.54) is 104 Å². The molecule has 0 spiro atoms. The maximum absolute atomic E-state index is 2.52. The summed E-state index contributed by atoms with van der Waals surface area (Å²) in [7, 11) is 0. The molecule has 0 N–H and O–H groups in total. The smallest absolute Gasteiger partial charge is 0.0620 e. The number of nitrogens with zero attached hydrogens (tertiary/aromatic N) is 3. The van der Waals surface area contributed by atoms with Crippen LogP contribution in [0.4, 0.5) is 17.1 Å². The van der Waals surface area contributed by atoms with Crippen LogP contribution >= 0.6 is 0 Å². The first-order valence-corrected chi connectivity index (χ1v) is 23.0. The van der Waals surface area contributed by atoms with Gasteiger partial charge in [0.05, 0.1) is 27.6 Å². The number of benzene rings is 10. The highest BCUT2D eigenvalue weighted by atomic mass is 15.1. The van der Waals surface area contributed by atoms with Crippen molar-refractivity contribution < 1.29 is 0 Å². The van der Waals surface area contributed by atoms with Crippen LogP contribution in [0.15, 0.2) is 224 Å². The van der Waals surface area contributed by atoms with Crippen LogP contribution in [0.1, 0.15) is 25.0 Å². The quantitative estimate of drug-likeness (QED) is 0.162. The zero-order valence-electron chi connectivity index (χ0n) is 36.7. The van der Waals surface area contributed by atoms with Crippen molar-refractivity contribution >= 4 is 77.0 Å². The fourth-order valence-corrected chi connectivity index (χ4v) is 11.6. The van der Waals surface area contributed by atoms with Crippen molar-refractivity contribution in [1.29, 1.82) is 0 Å². The molecule has 66 heavy (non-hydrogen) atoms. The predicted molar refractivity (Wildman–Crippen MR) is 279 cm³/mol. The lowest BCUT2D eigenvalue weighted by Crippen LogP contribution is -2.16. The van der Waals surface area contributed by atoms with E-state index < -0.39 is 0 Å². The number of anilines is 3. The number of rotatable bonds is 6. The third kappa shape index (κ3) is 5.20. The van der Waals surface area contributed by atoms with Gasteiger partial charge in [0.15, 0.2) is 0 Å². The Bertz CT molecular complexity index is 4060. The van der Waals surface area contributed by atoms with Gasteiger partial charge in [-0.25, -0.2) is 0 Å². The molecule has 0 unspecified atom stereocenters. The molecule has 3 heterocycles. The highest BCUT2D eigenvalue weighted by Crippen LogP contribution is 2.53. The van der Waals surface area contributed by atoms with Crippen molar-refractivity contribution in [2.45, 2.75) is 19.3 Å². The topological polar surface area (TPSA) is 12.6 Å². The average Bonchev–Trinajstić information content (AvgIpc) is 4.07. The largest absolute Gasteiger partial charge is 0.310 e. The number of hydrogen-bond donors (Lipinski definition) is 0. The van der Waals surface area contributed by atoms with Crippen molar-refractivity contribution in [2.75, 3.05) is 4.90 Å². The summed E-state index contributed by atoms with van der Waals surface area (Å²) < 4.78 is 4.93. The summed E-state index contributed by atoms with van der Waals surface area (Å²) in [6.07, 6.45) is 0. The summed E-state index contributed by atoms with van der Waals surface area (Å²) in [4.78, 5) is 2.44. The average molecular weight is 842 g/mol. The molecule has 10 aromatic carbocycles. The zero-order chi connectivity index (χ0) is 43.7. The molecule has 3 aromatic heterocycles.